The number of phenols is 1. The normalized spacial score (nSPS) is 11.2. The van der Waals surface area contributed by atoms with Crippen LogP contribution in [0.3, 0.4) is 0 Å². The highest BCUT2D eigenvalue weighted by atomic mass is 16.6. The fraction of sp³-hybridized carbons (Fsp3) is 0.0588. The topological polar surface area (TPSA) is 88.1 Å². The van der Waals surface area contributed by atoms with Gasteiger partial charge in [-0.25, -0.2) is 0 Å². The fourth-order valence-electron chi connectivity index (χ4n) is 2.32. The summed E-state index contributed by atoms with van der Waals surface area (Å²) in [6.45, 7) is 1.73. The zero-order valence-electron chi connectivity index (χ0n) is 12.3. The number of benzene rings is 3. The molecule has 0 saturated heterocycles. The second-order valence-electron chi connectivity index (χ2n) is 5.08. The van der Waals surface area contributed by atoms with Gasteiger partial charge in [-0.1, -0.05) is 30.3 Å². The predicted molar refractivity (Wildman–Crippen MR) is 87.6 cm³/mol. The van der Waals surface area contributed by atoms with E-state index in [2.05, 4.69) is 10.2 Å². The minimum Gasteiger partial charge on any atom is -0.506 e. The van der Waals surface area contributed by atoms with Crippen LogP contribution in [0, 0.1) is 17.0 Å². The van der Waals surface area contributed by atoms with Crippen LogP contribution >= 0.6 is 0 Å². The van der Waals surface area contributed by atoms with Gasteiger partial charge < -0.3 is 5.11 Å². The first-order valence-electron chi connectivity index (χ1n) is 6.94. The van der Waals surface area contributed by atoms with Crippen LogP contribution in [-0.4, -0.2) is 10.0 Å². The van der Waals surface area contributed by atoms with Gasteiger partial charge in [-0.15, -0.1) is 5.11 Å². The number of nitro groups is 1. The molecule has 0 bridgehead atoms. The summed E-state index contributed by atoms with van der Waals surface area (Å²) in [4.78, 5) is 10.3. The first kappa shape index (κ1) is 14.6. The van der Waals surface area contributed by atoms with Crippen LogP contribution in [0.4, 0.5) is 17.1 Å². The molecule has 114 valence electrons. The Morgan fingerprint density at radius 2 is 1.83 bits per heavy atom. The van der Waals surface area contributed by atoms with Gasteiger partial charge >= 0.3 is 0 Å². The molecule has 6 nitrogen and oxygen atoms in total. The lowest BCUT2D eigenvalue weighted by molar-refractivity contribution is -0.384. The Labute approximate surface area is 131 Å². The predicted octanol–water partition coefficient (Wildman–Crippen LogP) is 5.18. The molecular formula is C17H13N3O3. The summed E-state index contributed by atoms with van der Waals surface area (Å²) < 4.78 is 0. The highest BCUT2D eigenvalue weighted by Gasteiger charge is 2.09. The molecule has 0 fully saturated rings. The molecule has 0 aliphatic heterocycles. The minimum atomic E-state index is -0.454. The minimum absolute atomic E-state index is 0.00876. The molecule has 0 heterocycles. The maximum Gasteiger partial charge on any atom is 0.269 e. The van der Waals surface area contributed by atoms with Gasteiger partial charge in [0.05, 0.1) is 10.6 Å². The number of nitrogens with zero attached hydrogens (tertiary/aromatic N) is 3. The molecule has 0 aromatic heterocycles. The quantitative estimate of drug-likeness (QED) is 0.411. The van der Waals surface area contributed by atoms with Gasteiger partial charge in [0.1, 0.15) is 11.4 Å². The molecule has 0 atom stereocenters. The molecule has 0 saturated carbocycles. The molecule has 23 heavy (non-hydrogen) atoms. The summed E-state index contributed by atoms with van der Waals surface area (Å²) >= 11 is 0. The number of hydrogen-bond acceptors (Lipinski definition) is 5. The third-order valence-electron chi connectivity index (χ3n) is 3.53. The van der Waals surface area contributed by atoms with Gasteiger partial charge in [0.2, 0.25) is 0 Å². The Morgan fingerprint density at radius 3 is 2.57 bits per heavy atom. The van der Waals surface area contributed by atoms with Gasteiger partial charge in [-0.05, 0) is 30.0 Å². The lowest BCUT2D eigenvalue weighted by atomic mass is 10.1. The maximum absolute atomic E-state index is 10.8. The van der Waals surface area contributed by atoms with Crippen molar-refractivity contribution in [1.29, 1.82) is 0 Å². The van der Waals surface area contributed by atoms with Gasteiger partial charge in [-0.2, -0.15) is 5.11 Å². The van der Waals surface area contributed by atoms with Crippen LogP contribution in [0.25, 0.3) is 10.8 Å². The Hall–Kier alpha value is -3.28. The summed E-state index contributed by atoms with van der Waals surface area (Å²) in [6.07, 6.45) is 0. The molecule has 0 unspecified atom stereocenters. The number of fused-ring (bicyclic) bond motifs is 1. The van der Waals surface area contributed by atoms with E-state index in [0.29, 0.717) is 16.9 Å². The molecule has 0 aliphatic rings. The SMILES string of the molecule is Cc1cc([N+](=O)[O-])ccc1N=Nc1c(O)ccc2ccccc12. The molecule has 0 amide bonds. The summed E-state index contributed by atoms with van der Waals surface area (Å²) in [5, 5.41) is 30.8. The van der Waals surface area contributed by atoms with Crippen LogP contribution in [-0.2, 0) is 0 Å². The monoisotopic (exact) mass is 307 g/mol. The van der Waals surface area contributed by atoms with Crippen molar-refractivity contribution in [3.63, 3.8) is 0 Å². The van der Waals surface area contributed by atoms with Crippen LogP contribution in [0.5, 0.6) is 5.75 Å². The van der Waals surface area contributed by atoms with E-state index in [1.54, 1.807) is 25.1 Å². The largest absolute Gasteiger partial charge is 0.506 e. The summed E-state index contributed by atoms with van der Waals surface area (Å²) in [7, 11) is 0. The third kappa shape index (κ3) is 2.87. The van der Waals surface area contributed by atoms with Crippen molar-refractivity contribution in [3.8, 4) is 5.75 Å². The van der Waals surface area contributed by atoms with Crippen LogP contribution in [0.2, 0.25) is 0 Å². The van der Waals surface area contributed by atoms with E-state index >= 15 is 0 Å². The number of aromatic hydroxyl groups is 1. The van der Waals surface area contributed by atoms with Crippen LogP contribution in [0.15, 0.2) is 64.8 Å². The molecule has 3 aromatic carbocycles. The summed E-state index contributed by atoms with van der Waals surface area (Å²) in [6, 6.07) is 15.3. The van der Waals surface area contributed by atoms with E-state index < -0.39 is 4.92 Å². The lowest BCUT2D eigenvalue weighted by Crippen LogP contribution is -1.87. The van der Waals surface area contributed by atoms with Crippen molar-refractivity contribution in [2.24, 2.45) is 10.2 Å². The Morgan fingerprint density at radius 1 is 1.04 bits per heavy atom. The number of hydrogen-bond donors (Lipinski definition) is 1. The lowest BCUT2D eigenvalue weighted by Gasteiger charge is -2.04. The first-order chi connectivity index (χ1) is 11.1. The van der Waals surface area contributed by atoms with Gasteiger partial charge in [0.25, 0.3) is 5.69 Å². The van der Waals surface area contributed by atoms with Gasteiger partial charge in [-0.3, -0.25) is 10.1 Å². The Balaban J connectivity index is 2.04. The third-order valence-corrected chi connectivity index (χ3v) is 3.53. The van der Waals surface area contributed by atoms with Crippen molar-refractivity contribution < 1.29 is 10.0 Å². The van der Waals surface area contributed by atoms with Gasteiger partial charge in [0.15, 0.2) is 0 Å². The van der Waals surface area contributed by atoms with Crippen molar-refractivity contribution in [3.05, 3.63) is 70.3 Å². The molecule has 6 heteroatoms. The van der Waals surface area contributed by atoms with Crippen molar-refractivity contribution in [2.75, 3.05) is 0 Å². The molecule has 0 radical (unpaired) electrons. The molecule has 0 aliphatic carbocycles. The second kappa shape index (κ2) is 5.84. The van der Waals surface area contributed by atoms with Crippen LogP contribution in [0.1, 0.15) is 5.56 Å². The first-order valence-corrected chi connectivity index (χ1v) is 6.94. The van der Waals surface area contributed by atoms with Crippen molar-refractivity contribution >= 4 is 27.8 Å². The van der Waals surface area contributed by atoms with E-state index in [-0.39, 0.29) is 11.4 Å². The maximum atomic E-state index is 10.8. The molecule has 0 spiro atoms. The summed E-state index contributed by atoms with van der Waals surface area (Å²) in [5.74, 6) is 0.0343. The van der Waals surface area contributed by atoms with E-state index in [1.165, 1.54) is 12.1 Å². The average Bonchev–Trinajstić information content (AvgIpc) is 2.55. The smallest absolute Gasteiger partial charge is 0.269 e. The van der Waals surface area contributed by atoms with Gasteiger partial charge in [0, 0.05) is 17.5 Å². The van der Waals surface area contributed by atoms with E-state index in [4.69, 9.17) is 0 Å². The molecule has 3 rings (SSSR count). The van der Waals surface area contributed by atoms with E-state index in [0.717, 1.165) is 10.8 Å². The number of nitro benzene ring substituents is 1. The standard InChI is InChI=1S/C17H13N3O3/c1-11-10-13(20(22)23)7-8-15(11)18-19-17-14-5-3-2-4-12(14)6-9-16(17)21/h2-10,21H,1H3. The highest BCUT2D eigenvalue weighted by molar-refractivity contribution is 5.95. The highest BCUT2D eigenvalue weighted by Crippen LogP contribution is 2.36. The van der Waals surface area contributed by atoms with Crippen molar-refractivity contribution in [1.82, 2.24) is 0 Å². The Kier molecular flexibility index (Phi) is 3.72. The fourth-order valence-corrected chi connectivity index (χ4v) is 2.32. The molecule has 1 N–H and O–H groups in total. The summed E-state index contributed by atoms with van der Waals surface area (Å²) in [5.41, 5.74) is 1.54. The van der Waals surface area contributed by atoms with Crippen molar-refractivity contribution in [2.45, 2.75) is 6.92 Å². The zero-order chi connectivity index (χ0) is 16.4. The average molecular weight is 307 g/mol. The van der Waals surface area contributed by atoms with E-state index in [1.807, 2.05) is 24.3 Å². The second-order valence-corrected chi connectivity index (χ2v) is 5.08. The Bertz CT molecular complexity index is 936. The number of azo groups is 1. The zero-order valence-corrected chi connectivity index (χ0v) is 12.3. The molecule has 3 aromatic rings. The number of aryl methyl sites for hydroxylation is 1. The van der Waals surface area contributed by atoms with Crippen LogP contribution < -0.4 is 0 Å². The van der Waals surface area contributed by atoms with E-state index in [9.17, 15) is 15.2 Å². The number of rotatable bonds is 3. The number of non-ortho nitro benzene ring substituents is 1. The molecular weight excluding hydrogens is 294 g/mol. The number of phenolic OH excluding ortho intramolecular Hbond substituents is 1.